The molecule has 1 amide bonds. The molecule has 1 aliphatic heterocycles. The van der Waals surface area contributed by atoms with Crippen LogP contribution in [0.1, 0.15) is 24.8 Å². The number of aryl methyl sites for hydroxylation is 1. The highest BCUT2D eigenvalue weighted by atomic mass is 16.2. The highest BCUT2D eigenvalue weighted by Crippen LogP contribution is 2.44. The molecule has 19 heavy (non-hydrogen) atoms. The quantitative estimate of drug-likeness (QED) is 0.866. The summed E-state index contributed by atoms with van der Waals surface area (Å²) in [5, 5.41) is 3.49. The van der Waals surface area contributed by atoms with Crippen LogP contribution in [0, 0.1) is 5.41 Å². The van der Waals surface area contributed by atoms with Crippen LogP contribution in [0.4, 0.5) is 11.4 Å². The van der Waals surface area contributed by atoms with Gasteiger partial charge in [-0.15, -0.1) is 0 Å². The fourth-order valence-corrected chi connectivity index (χ4v) is 2.69. The minimum Gasteiger partial charge on any atom is -0.384 e. The number of fused-ring (bicyclic) bond motifs is 1. The molecule has 0 radical (unpaired) electrons. The highest BCUT2D eigenvalue weighted by molar-refractivity contribution is 5.96. The molecule has 3 N–H and O–H groups in total. The Hall–Kier alpha value is -1.55. The summed E-state index contributed by atoms with van der Waals surface area (Å²) in [5.74, 6) is 0.202. The molecule has 2 aliphatic rings. The van der Waals surface area contributed by atoms with Gasteiger partial charge in [-0.1, -0.05) is 0 Å². The van der Waals surface area contributed by atoms with E-state index in [9.17, 15) is 4.79 Å². The third kappa shape index (κ3) is 2.32. The lowest BCUT2D eigenvalue weighted by Gasteiger charge is -2.26. The number of amides is 1. The molecule has 1 aliphatic carbocycles. The van der Waals surface area contributed by atoms with Crippen LogP contribution < -0.4 is 16.0 Å². The Morgan fingerprint density at radius 1 is 1.37 bits per heavy atom. The van der Waals surface area contributed by atoms with Crippen molar-refractivity contribution in [3.8, 4) is 0 Å². The van der Waals surface area contributed by atoms with Gasteiger partial charge in [-0.25, -0.2) is 0 Å². The van der Waals surface area contributed by atoms with Crippen molar-refractivity contribution in [1.29, 1.82) is 0 Å². The molecule has 1 saturated carbocycles. The number of anilines is 2. The Kier molecular flexibility index (Phi) is 2.97. The van der Waals surface area contributed by atoms with Crippen LogP contribution in [0.2, 0.25) is 0 Å². The zero-order valence-corrected chi connectivity index (χ0v) is 11.4. The predicted molar refractivity (Wildman–Crippen MR) is 77.4 cm³/mol. The summed E-state index contributed by atoms with van der Waals surface area (Å²) in [5.41, 5.74) is 9.57. The van der Waals surface area contributed by atoms with Gasteiger partial charge in [0.2, 0.25) is 5.91 Å². The van der Waals surface area contributed by atoms with E-state index in [4.69, 9.17) is 5.73 Å². The highest BCUT2D eigenvalue weighted by Gasteiger charge is 2.40. The first-order valence-corrected chi connectivity index (χ1v) is 6.97. The molecule has 0 saturated heterocycles. The number of nitrogens with one attached hydrogen (secondary N) is 1. The number of hydrogen-bond donors (Lipinski definition) is 2. The van der Waals surface area contributed by atoms with Crippen LogP contribution in [0.5, 0.6) is 0 Å². The molecular weight excluding hydrogens is 238 g/mol. The molecular formula is C15H21N3O. The van der Waals surface area contributed by atoms with E-state index in [0.29, 0.717) is 11.8 Å². The summed E-state index contributed by atoms with van der Waals surface area (Å²) in [6.45, 7) is 1.72. The molecule has 0 spiro atoms. The fourth-order valence-electron chi connectivity index (χ4n) is 2.69. The summed E-state index contributed by atoms with van der Waals surface area (Å²) >= 11 is 0. The first-order chi connectivity index (χ1) is 9.13. The number of nitrogens with two attached hydrogens (primary N) is 1. The first-order valence-electron chi connectivity index (χ1n) is 6.97. The average molecular weight is 259 g/mol. The van der Waals surface area contributed by atoms with Gasteiger partial charge < -0.3 is 16.0 Å². The Bertz CT molecular complexity index is 508. The van der Waals surface area contributed by atoms with Crippen LogP contribution >= 0.6 is 0 Å². The van der Waals surface area contributed by atoms with E-state index >= 15 is 0 Å². The van der Waals surface area contributed by atoms with Gasteiger partial charge in [0.05, 0.1) is 0 Å². The third-order valence-corrected chi connectivity index (χ3v) is 4.48. The predicted octanol–water partition coefficient (Wildman–Crippen LogP) is 1.75. The van der Waals surface area contributed by atoms with E-state index in [1.54, 1.807) is 4.90 Å². The second kappa shape index (κ2) is 4.53. The maximum absolute atomic E-state index is 11.6. The standard InChI is InChI=1S/C15H21N3O/c1-18-13-4-3-12(8-11(13)2-5-14(18)19)17-10-15(9-16)6-7-15/h3-4,8,17H,2,5-7,9-10,16H2,1H3. The van der Waals surface area contributed by atoms with Crippen molar-refractivity contribution in [1.82, 2.24) is 0 Å². The molecule has 1 fully saturated rings. The van der Waals surface area contributed by atoms with Crippen LogP contribution in [-0.4, -0.2) is 26.0 Å². The van der Waals surface area contributed by atoms with E-state index in [2.05, 4.69) is 17.4 Å². The lowest BCUT2D eigenvalue weighted by Crippen LogP contribution is -2.31. The minimum atomic E-state index is 0.202. The van der Waals surface area contributed by atoms with E-state index < -0.39 is 0 Å². The van der Waals surface area contributed by atoms with Crippen LogP contribution in [0.15, 0.2) is 18.2 Å². The molecule has 102 valence electrons. The minimum absolute atomic E-state index is 0.202. The van der Waals surface area contributed by atoms with Gasteiger partial charge in [0.1, 0.15) is 0 Å². The molecule has 0 aromatic heterocycles. The van der Waals surface area contributed by atoms with Crippen molar-refractivity contribution in [3.05, 3.63) is 23.8 Å². The summed E-state index contributed by atoms with van der Waals surface area (Å²) in [4.78, 5) is 13.4. The van der Waals surface area contributed by atoms with Crippen LogP contribution in [-0.2, 0) is 11.2 Å². The van der Waals surface area contributed by atoms with Crippen molar-refractivity contribution in [2.45, 2.75) is 25.7 Å². The number of hydrogen-bond acceptors (Lipinski definition) is 3. The van der Waals surface area contributed by atoms with Crippen molar-refractivity contribution < 1.29 is 4.79 Å². The Morgan fingerprint density at radius 2 is 2.16 bits per heavy atom. The van der Waals surface area contributed by atoms with Crippen molar-refractivity contribution in [2.75, 3.05) is 30.4 Å². The van der Waals surface area contributed by atoms with Gasteiger partial charge >= 0.3 is 0 Å². The van der Waals surface area contributed by atoms with E-state index in [0.717, 1.165) is 30.9 Å². The number of rotatable bonds is 4. The maximum Gasteiger partial charge on any atom is 0.227 e. The van der Waals surface area contributed by atoms with Gasteiger partial charge in [0.25, 0.3) is 0 Å². The average Bonchev–Trinajstić information content (AvgIpc) is 3.21. The van der Waals surface area contributed by atoms with Crippen LogP contribution in [0.3, 0.4) is 0 Å². The Balaban J connectivity index is 1.73. The summed E-state index contributed by atoms with van der Waals surface area (Å²) in [7, 11) is 1.85. The number of carbonyl (C=O) groups excluding carboxylic acids is 1. The van der Waals surface area contributed by atoms with E-state index in [1.807, 2.05) is 13.1 Å². The lowest BCUT2D eigenvalue weighted by atomic mass is 10.0. The van der Waals surface area contributed by atoms with Gasteiger partial charge in [-0.3, -0.25) is 4.79 Å². The first kappa shape index (κ1) is 12.5. The Morgan fingerprint density at radius 3 is 2.84 bits per heavy atom. The smallest absolute Gasteiger partial charge is 0.227 e. The summed E-state index contributed by atoms with van der Waals surface area (Å²) < 4.78 is 0. The number of carbonyl (C=O) groups is 1. The van der Waals surface area contributed by atoms with Crippen molar-refractivity contribution >= 4 is 17.3 Å². The largest absolute Gasteiger partial charge is 0.384 e. The molecule has 1 aromatic rings. The van der Waals surface area contributed by atoms with E-state index in [1.165, 1.54) is 18.4 Å². The lowest BCUT2D eigenvalue weighted by molar-refractivity contribution is -0.118. The molecule has 0 atom stereocenters. The Labute approximate surface area is 114 Å². The van der Waals surface area contributed by atoms with Crippen molar-refractivity contribution in [2.24, 2.45) is 11.1 Å². The summed E-state index contributed by atoms with van der Waals surface area (Å²) in [6.07, 6.45) is 3.92. The van der Waals surface area contributed by atoms with Gasteiger partial charge in [0.15, 0.2) is 0 Å². The van der Waals surface area contributed by atoms with Gasteiger partial charge in [-0.05, 0) is 55.0 Å². The SMILES string of the molecule is CN1C(=O)CCc2cc(NCC3(CN)CC3)ccc21. The zero-order chi connectivity index (χ0) is 13.5. The molecule has 3 rings (SSSR count). The number of nitrogens with zero attached hydrogens (tertiary/aromatic N) is 1. The van der Waals surface area contributed by atoms with Crippen molar-refractivity contribution in [3.63, 3.8) is 0 Å². The second-order valence-corrected chi connectivity index (χ2v) is 5.85. The second-order valence-electron chi connectivity index (χ2n) is 5.85. The van der Waals surface area contributed by atoms with E-state index in [-0.39, 0.29) is 5.91 Å². The molecule has 4 nitrogen and oxygen atoms in total. The molecule has 1 heterocycles. The normalized spacial score (nSPS) is 20.1. The zero-order valence-electron chi connectivity index (χ0n) is 11.4. The summed E-state index contributed by atoms with van der Waals surface area (Å²) in [6, 6.07) is 6.27. The maximum atomic E-state index is 11.6. The molecule has 4 heteroatoms. The molecule has 0 unspecified atom stereocenters. The van der Waals surface area contributed by atoms with Gasteiger partial charge in [-0.2, -0.15) is 0 Å². The topological polar surface area (TPSA) is 58.4 Å². The van der Waals surface area contributed by atoms with Gasteiger partial charge in [0, 0.05) is 31.4 Å². The molecule has 0 bridgehead atoms. The third-order valence-electron chi connectivity index (χ3n) is 4.48. The fraction of sp³-hybridized carbons (Fsp3) is 0.533. The monoisotopic (exact) mass is 259 g/mol. The van der Waals surface area contributed by atoms with Crippen LogP contribution in [0.25, 0.3) is 0 Å². The molecule has 1 aromatic carbocycles. The number of benzene rings is 1.